The van der Waals surface area contributed by atoms with Crippen molar-refractivity contribution in [3.63, 3.8) is 0 Å². The van der Waals surface area contributed by atoms with Crippen LogP contribution in [0.2, 0.25) is 0 Å². The summed E-state index contributed by atoms with van der Waals surface area (Å²) in [6.45, 7) is 2.31. The van der Waals surface area contributed by atoms with Gasteiger partial charge in [-0.25, -0.2) is 4.39 Å². The Balaban J connectivity index is 1.97. The Morgan fingerprint density at radius 2 is 1.76 bits per heavy atom. The number of para-hydroxylation sites is 1. The highest BCUT2D eigenvalue weighted by Crippen LogP contribution is 2.17. The highest BCUT2D eigenvalue weighted by atomic mass is 19.1. The molecule has 1 N–H and O–H groups in total. The Labute approximate surface area is 122 Å². The predicted octanol–water partition coefficient (Wildman–Crippen LogP) is 3.45. The van der Waals surface area contributed by atoms with Gasteiger partial charge < -0.3 is 5.32 Å². The molecule has 110 valence electrons. The minimum Gasteiger partial charge on any atom is -0.310 e. The first kappa shape index (κ1) is 15.1. The third kappa shape index (κ3) is 4.10. The van der Waals surface area contributed by atoms with Crippen LogP contribution in [0, 0.1) is 15.9 Å². The average molecular weight is 288 g/mol. The van der Waals surface area contributed by atoms with Gasteiger partial charge in [0, 0.05) is 24.2 Å². The maximum absolute atomic E-state index is 13.6. The van der Waals surface area contributed by atoms with Crippen molar-refractivity contribution >= 4 is 5.69 Å². The standard InChI is InChI=1S/C16H17FN2O2/c1-12(10-13-6-2-4-8-15(13)17)18-11-14-7-3-5-9-16(14)19(20)21/h2-9,12,18H,10-11H2,1H3. The van der Waals surface area contributed by atoms with Gasteiger partial charge in [-0.15, -0.1) is 0 Å². The van der Waals surface area contributed by atoms with Crippen LogP contribution < -0.4 is 5.32 Å². The average Bonchev–Trinajstić information content (AvgIpc) is 2.48. The van der Waals surface area contributed by atoms with Gasteiger partial charge in [0.05, 0.1) is 4.92 Å². The molecule has 0 saturated heterocycles. The van der Waals surface area contributed by atoms with Gasteiger partial charge in [0.15, 0.2) is 0 Å². The lowest BCUT2D eigenvalue weighted by Gasteiger charge is -2.14. The van der Waals surface area contributed by atoms with E-state index in [1.165, 1.54) is 12.1 Å². The summed E-state index contributed by atoms with van der Waals surface area (Å²) in [6, 6.07) is 13.3. The number of nitro benzene ring substituents is 1. The van der Waals surface area contributed by atoms with Gasteiger partial charge in [-0.3, -0.25) is 10.1 Å². The fourth-order valence-electron chi connectivity index (χ4n) is 2.19. The molecule has 0 aliphatic rings. The van der Waals surface area contributed by atoms with Crippen LogP contribution in [0.3, 0.4) is 0 Å². The highest BCUT2D eigenvalue weighted by molar-refractivity contribution is 5.39. The zero-order valence-corrected chi connectivity index (χ0v) is 11.8. The van der Waals surface area contributed by atoms with Crippen LogP contribution in [-0.2, 0) is 13.0 Å². The molecule has 4 nitrogen and oxygen atoms in total. The van der Waals surface area contributed by atoms with E-state index in [4.69, 9.17) is 0 Å². The van der Waals surface area contributed by atoms with E-state index >= 15 is 0 Å². The first-order valence-corrected chi connectivity index (χ1v) is 6.77. The van der Waals surface area contributed by atoms with Gasteiger partial charge >= 0.3 is 0 Å². The monoisotopic (exact) mass is 288 g/mol. The summed E-state index contributed by atoms with van der Waals surface area (Å²) in [5.41, 5.74) is 1.37. The van der Waals surface area contributed by atoms with Crippen molar-refractivity contribution in [2.75, 3.05) is 0 Å². The maximum atomic E-state index is 13.6. The minimum atomic E-state index is -0.390. The van der Waals surface area contributed by atoms with E-state index < -0.39 is 4.92 Å². The third-order valence-electron chi connectivity index (χ3n) is 3.31. The summed E-state index contributed by atoms with van der Waals surface area (Å²) in [5.74, 6) is -0.225. The number of benzene rings is 2. The van der Waals surface area contributed by atoms with Crippen molar-refractivity contribution < 1.29 is 9.31 Å². The zero-order chi connectivity index (χ0) is 15.2. The van der Waals surface area contributed by atoms with Gasteiger partial charge in [-0.1, -0.05) is 36.4 Å². The Kier molecular flexibility index (Phi) is 5.00. The second-order valence-corrected chi connectivity index (χ2v) is 4.96. The van der Waals surface area contributed by atoms with E-state index in [0.717, 1.165) is 0 Å². The molecule has 0 aromatic heterocycles. The van der Waals surface area contributed by atoms with Gasteiger partial charge in [0.1, 0.15) is 5.82 Å². The molecule has 0 fully saturated rings. The lowest BCUT2D eigenvalue weighted by molar-refractivity contribution is -0.385. The molecular weight excluding hydrogens is 271 g/mol. The molecule has 0 saturated carbocycles. The molecule has 0 aliphatic heterocycles. The van der Waals surface area contributed by atoms with E-state index in [0.29, 0.717) is 24.1 Å². The van der Waals surface area contributed by atoms with E-state index in [1.807, 2.05) is 6.92 Å². The van der Waals surface area contributed by atoms with Crippen molar-refractivity contribution in [1.82, 2.24) is 5.32 Å². The number of halogens is 1. The molecule has 0 spiro atoms. The molecule has 0 aliphatic carbocycles. The largest absolute Gasteiger partial charge is 0.310 e. The van der Waals surface area contributed by atoms with Crippen LogP contribution in [0.15, 0.2) is 48.5 Å². The second-order valence-electron chi connectivity index (χ2n) is 4.96. The fraction of sp³-hybridized carbons (Fsp3) is 0.250. The fourth-order valence-corrected chi connectivity index (χ4v) is 2.19. The van der Waals surface area contributed by atoms with Crippen LogP contribution in [0.4, 0.5) is 10.1 Å². The number of rotatable bonds is 6. The van der Waals surface area contributed by atoms with Crippen LogP contribution >= 0.6 is 0 Å². The molecule has 1 unspecified atom stereocenters. The molecule has 0 bridgehead atoms. The van der Waals surface area contributed by atoms with Crippen molar-refractivity contribution in [2.45, 2.75) is 25.9 Å². The number of nitrogens with zero attached hydrogens (tertiary/aromatic N) is 1. The molecule has 5 heteroatoms. The van der Waals surface area contributed by atoms with E-state index in [-0.39, 0.29) is 17.5 Å². The first-order chi connectivity index (χ1) is 10.1. The highest BCUT2D eigenvalue weighted by Gasteiger charge is 2.13. The van der Waals surface area contributed by atoms with Gasteiger partial charge in [-0.05, 0) is 25.0 Å². The summed E-state index contributed by atoms with van der Waals surface area (Å²) < 4.78 is 13.6. The van der Waals surface area contributed by atoms with Gasteiger partial charge in [0.25, 0.3) is 5.69 Å². The van der Waals surface area contributed by atoms with Gasteiger partial charge in [0.2, 0.25) is 0 Å². The quantitative estimate of drug-likeness (QED) is 0.654. The van der Waals surface area contributed by atoms with E-state index in [1.54, 1.807) is 36.4 Å². The van der Waals surface area contributed by atoms with Crippen molar-refractivity contribution in [1.29, 1.82) is 0 Å². The summed E-state index contributed by atoms with van der Waals surface area (Å²) in [7, 11) is 0. The van der Waals surface area contributed by atoms with Crippen molar-refractivity contribution in [3.05, 3.63) is 75.6 Å². The van der Waals surface area contributed by atoms with Crippen molar-refractivity contribution in [2.24, 2.45) is 0 Å². The lowest BCUT2D eigenvalue weighted by atomic mass is 10.1. The Bertz CT molecular complexity index is 631. The Morgan fingerprint density at radius 1 is 1.14 bits per heavy atom. The number of nitrogens with one attached hydrogen (secondary N) is 1. The molecule has 1 atom stereocenters. The predicted molar refractivity (Wildman–Crippen MR) is 79.5 cm³/mol. The lowest BCUT2D eigenvalue weighted by Crippen LogP contribution is -2.28. The summed E-state index contributed by atoms with van der Waals surface area (Å²) >= 11 is 0. The summed E-state index contributed by atoms with van der Waals surface area (Å²) in [6.07, 6.45) is 0.535. The molecule has 2 aromatic carbocycles. The molecular formula is C16H17FN2O2. The van der Waals surface area contributed by atoms with Crippen LogP contribution in [-0.4, -0.2) is 11.0 Å². The maximum Gasteiger partial charge on any atom is 0.273 e. The number of nitro groups is 1. The molecule has 2 aromatic rings. The van der Waals surface area contributed by atoms with Crippen LogP contribution in [0.1, 0.15) is 18.1 Å². The second kappa shape index (κ2) is 6.95. The summed E-state index contributed by atoms with van der Waals surface area (Å²) in [4.78, 5) is 10.5. The third-order valence-corrected chi connectivity index (χ3v) is 3.31. The zero-order valence-electron chi connectivity index (χ0n) is 11.8. The van der Waals surface area contributed by atoms with Gasteiger partial charge in [-0.2, -0.15) is 0 Å². The molecule has 0 amide bonds. The van der Waals surface area contributed by atoms with Crippen LogP contribution in [0.25, 0.3) is 0 Å². The van der Waals surface area contributed by atoms with Crippen molar-refractivity contribution in [3.8, 4) is 0 Å². The minimum absolute atomic E-state index is 0.0155. The topological polar surface area (TPSA) is 55.2 Å². The van der Waals surface area contributed by atoms with Crippen LogP contribution in [0.5, 0.6) is 0 Å². The number of hydrogen-bond acceptors (Lipinski definition) is 3. The normalized spacial score (nSPS) is 12.1. The summed E-state index contributed by atoms with van der Waals surface area (Å²) in [5, 5.41) is 14.1. The molecule has 21 heavy (non-hydrogen) atoms. The Hall–Kier alpha value is -2.27. The van der Waals surface area contributed by atoms with E-state index in [2.05, 4.69) is 5.32 Å². The molecule has 0 heterocycles. The first-order valence-electron chi connectivity index (χ1n) is 6.77. The van der Waals surface area contributed by atoms with E-state index in [9.17, 15) is 14.5 Å². The number of hydrogen-bond donors (Lipinski definition) is 1. The Morgan fingerprint density at radius 3 is 2.43 bits per heavy atom. The molecule has 0 radical (unpaired) electrons. The molecule has 2 rings (SSSR count). The smallest absolute Gasteiger partial charge is 0.273 e. The SMILES string of the molecule is CC(Cc1ccccc1F)NCc1ccccc1[N+](=O)[O-].